The van der Waals surface area contributed by atoms with E-state index in [2.05, 4.69) is 5.32 Å². The van der Waals surface area contributed by atoms with Gasteiger partial charge in [0.05, 0.1) is 7.11 Å². The third-order valence-corrected chi connectivity index (χ3v) is 2.47. The van der Waals surface area contributed by atoms with Crippen molar-refractivity contribution in [3.8, 4) is 5.75 Å². The predicted molar refractivity (Wildman–Crippen MR) is 66.1 cm³/mol. The first-order valence-corrected chi connectivity index (χ1v) is 5.55. The molecule has 1 amide bonds. The van der Waals surface area contributed by atoms with Gasteiger partial charge in [-0.05, 0) is 32.0 Å². The zero-order valence-corrected chi connectivity index (χ0v) is 10.8. The van der Waals surface area contributed by atoms with Gasteiger partial charge in [0.2, 0.25) is 0 Å². The van der Waals surface area contributed by atoms with E-state index in [4.69, 9.17) is 16.3 Å². The second kappa shape index (κ2) is 5.38. The van der Waals surface area contributed by atoms with Crippen molar-refractivity contribution >= 4 is 17.5 Å². The van der Waals surface area contributed by atoms with Gasteiger partial charge in [-0.15, -0.1) is 0 Å². The number of hydrogen-bond acceptors (Lipinski definition) is 3. The summed E-state index contributed by atoms with van der Waals surface area (Å²) in [5.74, 6) is 0.199. The number of benzene rings is 1. The van der Waals surface area contributed by atoms with Gasteiger partial charge < -0.3 is 15.2 Å². The number of methoxy groups -OCH3 is 1. The molecular formula is C12H16ClNO3. The van der Waals surface area contributed by atoms with Crippen molar-refractivity contribution < 1.29 is 14.6 Å². The summed E-state index contributed by atoms with van der Waals surface area (Å²) in [5, 5.41) is 12.7. The van der Waals surface area contributed by atoms with E-state index in [1.165, 1.54) is 13.8 Å². The van der Waals surface area contributed by atoms with Gasteiger partial charge in [-0.3, -0.25) is 4.79 Å². The van der Waals surface area contributed by atoms with Crippen molar-refractivity contribution in [1.82, 2.24) is 5.32 Å². The van der Waals surface area contributed by atoms with Gasteiger partial charge in [-0.2, -0.15) is 0 Å². The predicted octanol–water partition coefficient (Wildman–Crippen LogP) is 1.74. The smallest absolute Gasteiger partial charge is 0.251 e. The SMILES string of the molecule is COc1ccc(Cl)cc1CNC(=O)C(C)(C)O. The molecule has 2 N–H and O–H groups in total. The van der Waals surface area contributed by atoms with E-state index in [1.54, 1.807) is 25.3 Å². The van der Waals surface area contributed by atoms with Crippen LogP contribution < -0.4 is 10.1 Å². The van der Waals surface area contributed by atoms with Crippen LogP contribution in [0.5, 0.6) is 5.75 Å². The van der Waals surface area contributed by atoms with Crippen molar-refractivity contribution in [2.24, 2.45) is 0 Å². The molecule has 0 saturated carbocycles. The third-order valence-electron chi connectivity index (χ3n) is 2.24. The first kappa shape index (κ1) is 13.8. The third kappa shape index (κ3) is 3.91. The summed E-state index contributed by atoms with van der Waals surface area (Å²) >= 11 is 5.86. The summed E-state index contributed by atoms with van der Waals surface area (Å²) in [7, 11) is 1.55. The Labute approximate surface area is 106 Å². The molecule has 17 heavy (non-hydrogen) atoms. The van der Waals surface area contributed by atoms with Crippen molar-refractivity contribution in [1.29, 1.82) is 0 Å². The molecular weight excluding hydrogens is 242 g/mol. The highest BCUT2D eigenvalue weighted by atomic mass is 35.5. The van der Waals surface area contributed by atoms with E-state index in [1.807, 2.05) is 0 Å². The minimum absolute atomic E-state index is 0.257. The van der Waals surface area contributed by atoms with Crippen LogP contribution in [-0.2, 0) is 11.3 Å². The quantitative estimate of drug-likeness (QED) is 0.864. The molecule has 0 aliphatic carbocycles. The fourth-order valence-corrected chi connectivity index (χ4v) is 1.47. The van der Waals surface area contributed by atoms with E-state index in [-0.39, 0.29) is 6.54 Å². The molecule has 0 unspecified atom stereocenters. The van der Waals surface area contributed by atoms with Crippen LogP contribution in [0.3, 0.4) is 0 Å². The zero-order valence-electron chi connectivity index (χ0n) is 10.1. The van der Waals surface area contributed by atoms with Crippen LogP contribution in [0.2, 0.25) is 5.02 Å². The maximum absolute atomic E-state index is 11.5. The Hall–Kier alpha value is -1.26. The highest BCUT2D eigenvalue weighted by Gasteiger charge is 2.23. The molecule has 0 spiro atoms. The van der Waals surface area contributed by atoms with Gasteiger partial charge >= 0.3 is 0 Å². The number of ether oxygens (including phenoxy) is 1. The maximum Gasteiger partial charge on any atom is 0.251 e. The van der Waals surface area contributed by atoms with Crippen LogP contribution in [0.4, 0.5) is 0 Å². The molecule has 0 bridgehead atoms. The van der Waals surface area contributed by atoms with Crippen LogP contribution >= 0.6 is 11.6 Å². The van der Waals surface area contributed by atoms with Crippen LogP contribution in [0, 0.1) is 0 Å². The topological polar surface area (TPSA) is 58.6 Å². The Morgan fingerprint density at radius 1 is 1.53 bits per heavy atom. The number of carbonyl (C=O) groups is 1. The molecule has 4 nitrogen and oxygen atoms in total. The van der Waals surface area contributed by atoms with Crippen molar-refractivity contribution in [3.05, 3.63) is 28.8 Å². The Balaban J connectivity index is 2.75. The molecule has 5 heteroatoms. The summed E-state index contributed by atoms with van der Waals surface area (Å²) in [5.41, 5.74) is -0.635. The first-order chi connectivity index (χ1) is 7.84. The molecule has 0 aliphatic rings. The minimum Gasteiger partial charge on any atom is -0.496 e. The van der Waals surface area contributed by atoms with Gasteiger partial charge in [0, 0.05) is 17.1 Å². The zero-order chi connectivity index (χ0) is 13.1. The number of hydrogen-bond donors (Lipinski definition) is 2. The average Bonchev–Trinajstić information content (AvgIpc) is 2.24. The second-order valence-corrected chi connectivity index (χ2v) is 4.63. The molecule has 0 aromatic heterocycles. The van der Waals surface area contributed by atoms with Crippen molar-refractivity contribution in [2.75, 3.05) is 7.11 Å². The second-order valence-electron chi connectivity index (χ2n) is 4.20. The van der Waals surface area contributed by atoms with Gasteiger partial charge in [0.15, 0.2) is 0 Å². The lowest BCUT2D eigenvalue weighted by Crippen LogP contribution is -2.41. The van der Waals surface area contributed by atoms with E-state index in [0.29, 0.717) is 10.8 Å². The maximum atomic E-state index is 11.5. The van der Waals surface area contributed by atoms with Crippen molar-refractivity contribution in [2.45, 2.75) is 26.0 Å². The Bertz CT molecular complexity index is 413. The molecule has 94 valence electrons. The lowest BCUT2D eigenvalue weighted by Gasteiger charge is -2.17. The van der Waals surface area contributed by atoms with E-state index in [9.17, 15) is 9.90 Å². The number of nitrogens with one attached hydrogen (secondary N) is 1. The normalized spacial score (nSPS) is 11.1. The van der Waals surface area contributed by atoms with Gasteiger partial charge in [-0.1, -0.05) is 11.6 Å². The molecule has 0 aliphatic heterocycles. The molecule has 1 aromatic rings. The molecule has 0 saturated heterocycles. The lowest BCUT2D eigenvalue weighted by atomic mass is 10.1. The number of carbonyl (C=O) groups excluding carboxylic acids is 1. The van der Waals surface area contributed by atoms with Gasteiger partial charge in [0.1, 0.15) is 11.4 Å². The van der Waals surface area contributed by atoms with Crippen molar-refractivity contribution in [3.63, 3.8) is 0 Å². The minimum atomic E-state index is -1.40. The average molecular weight is 258 g/mol. The van der Waals surface area contributed by atoms with E-state index < -0.39 is 11.5 Å². The van der Waals surface area contributed by atoms with E-state index >= 15 is 0 Å². The van der Waals surface area contributed by atoms with Crippen LogP contribution in [0.15, 0.2) is 18.2 Å². The summed E-state index contributed by atoms with van der Waals surface area (Å²) in [6, 6.07) is 5.15. The van der Waals surface area contributed by atoms with E-state index in [0.717, 1.165) is 5.56 Å². The summed E-state index contributed by atoms with van der Waals surface area (Å²) in [4.78, 5) is 11.5. The van der Waals surface area contributed by atoms with Crippen LogP contribution in [0.1, 0.15) is 19.4 Å². The van der Waals surface area contributed by atoms with Gasteiger partial charge in [0.25, 0.3) is 5.91 Å². The summed E-state index contributed by atoms with van der Waals surface area (Å²) in [6.07, 6.45) is 0. The number of amides is 1. The number of halogens is 1. The lowest BCUT2D eigenvalue weighted by molar-refractivity contribution is -0.136. The fraction of sp³-hybridized carbons (Fsp3) is 0.417. The van der Waals surface area contributed by atoms with Gasteiger partial charge in [-0.25, -0.2) is 0 Å². The molecule has 0 radical (unpaired) electrons. The van der Waals surface area contributed by atoms with Crippen LogP contribution in [0.25, 0.3) is 0 Å². The largest absolute Gasteiger partial charge is 0.496 e. The summed E-state index contributed by atoms with van der Waals surface area (Å²) in [6.45, 7) is 3.11. The van der Waals surface area contributed by atoms with Crippen LogP contribution in [-0.4, -0.2) is 23.7 Å². The number of rotatable bonds is 4. The Morgan fingerprint density at radius 2 is 2.18 bits per heavy atom. The molecule has 0 heterocycles. The highest BCUT2D eigenvalue weighted by molar-refractivity contribution is 6.30. The highest BCUT2D eigenvalue weighted by Crippen LogP contribution is 2.22. The Morgan fingerprint density at radius 3 is 2.71 bits per heavy atom. The molecule has 0 fully saturated rings. The molecule has 1 rings (SSSR count). The first-order valence-electron chi connectivity index (χ1n) is 5.17. The fourth-order valence-electron chi connectivity index (χ4n) is 1.28. The Kier molecular flexibility index (Phi) is 4.37. The summed E-state index contributed by atoms with van der Waals surface area (Å²) < 4.78 is 5.15. The molecule has 0 atom stereocenters. The standard InChI is InChI=1S/C12H16ClNO3/c1-12(2,16)11(15)14-7-8-6-9(13)4-5-10(8)17-3/h4-6,16H,7H2,1-3H3,(H,14,15). The number of aliphatic hydroxyl groups is 1. The molecule has 1 aromatic carbocycles. The monoisotopic (exact) mass is 257 g/mol.